The molecule has 0 bridgehead atoms. The highest BCUT2D eigenvalue weighted by Gasteiger charge is 2.41. The predicted octanol–water partition coefficient (Wildman–Crippen LogP) is 0.989. The molecule has 1 atom stereocenters. The van der Waals surface area contributed by atoms with Crippen molar-refractivity contribution in [1.82, 2.24) is 9.47 Å². The van der Waals surface area contributed by atoms with E-state index in [9.17, 15) is 24.3 Å². The standard InChI is InChI=1S/C18H16N2O6S/c1-10(17(24)26-2)20-16(23)14(27-18(20)25)7-11-8-19(9-15(21)22)13-6-4-3-5-12(11)13/h3-8,10H,9H2,1-2H3,(H,21,22)/p-1/b14-7-/t10-/m0/s1. The van der Waals surface area contributed by atoms with Crippen molar-refractivity contribution in [2.24, 2.45) is 0 Å². The number of aromatic nitrogens is 1. The van der Waals surface area contributed by atoms with Crippen LogP contribution in [0.15, 0.2) is 35.4 Å². The Labute approximate surface area is 158 Å². The highest BCUT2D eigenvalue weighted by molar-refractivity contribution is 8.18. The molecule has 1 fully saturated rings. The minimum atomic E-state index is -1.24. The molecule has 0 radical (unpaired) electrons. The van der Waals surface area contributed by atoms with E-state index < -0.39 is 29.1 Å². The lowest BCUT2D eigenvalue weighted by molar-refractivity contribution is -0.306. The Balaban J connectivity index is 2.00. The fourth-order valence-electron chi connectivity index (χ4n) is 2.89. The zero-order valence-corrected chi connectivity index (χ0v) is 15.3. The summed E-state index contributed by atoms with van der Waals surface area (Å²) in [6.07, 6.45) is 3.10. The number of fused-ring (bicyclic) bond motifs is 1. The van der Waals surface area contributed by atoms with Crippen LogP contribution >= 0.6 is 11.8 Å². The van der Waals surface area contributed by atoms with Crippen molar-refractivity contribution in [3.8, 4) is 0 Å². The van der Waals surface area contributed by atoms with Crippen LogP contribution in [0.1, 0.15) is 12.5 Å². The molecule has 1 aromatic heterocycles. The lowest BCUT2D eigenvalue weighted by Gasteiger charge is -2.18. The van der Waals surface area contributed by atoms with E-state index in [0.717, 1.165) is 22.0 Å². The van der Waals surface area contributed by atoms with Gasteiger partial charge in [0, 0.05) is 22.7 Å². The van der Waals surface area contributed by atoms with Crippen LogP contribution in [0.4, 0.5) is 4.79 Å². The van der Waals surface area contributed by atoms with Crippen LogP contribution in [0.2, 0.25) is 0 Å². The van der Waals surface area contributed by atoms with Crippen molar-refractivity contribution in [2.45, 2.75) is 19.5 Å². The molecule has 1 saturated heterocycles. The number of imide groups is 1. The number of carboxylic acids is 1. The van der Waals surface area contributed by atoms with Crippen molar-refractivity contribution < 1.29 is 29.0 Å². The molecule has 0 aliphatic carbocycles. The summed E-state index contributed by atoms with van der Waals surface area (Å²) in [6.45, 7) is 1.08. The molecular weight excluding hydrogens is 372 g/mol. The molecule has 1 aliphatic heterocycles. The van der Waals surface area contributed by atoms with Gasteiger partial charge in [0.05, 0.1) is 24.5 Å². The van der Waals surface area contributed by atoms with Crippen LogP contribution < -0.4 is 5.11 Å². The monoisotopic (exact) mass is 387 g/mol. The molecule has 2 amide bonds. The Kier molecular flexibility index (Phi) is 5.04. The van der Waals surface area contributed by atoms with Crippen LogP contribution in [0.5, 0.6) is 0 Å². The molecule has 8 nitrogen and oxygen atoms in total. The predicted molar refractivity (Wildman–Crippen MR) is 96.2 cm³/mol. The number of benzene rings is 1. The number of nitrogens with zero attached hydrogens (tertiary/aromatic N) is 2. The summed E-state index contributed by atoms with van der Waals surface area (Å²) in [5.41, 5.74) is 1.25. The Morgan fingerprint density at radius 1 is 1.30 bits per heavy atom. The van der Waals surface area contributed by atoms with Crippen LogP contribution in [-0.4, -0.2) is 45.7 Å². The molecule has 0 spiro atoms. The topological polar surface area (TPSA) is 109 Å². The van der Waals surface area contributed by atoms with E-state index in [2.05, 4.69) is 4.74 Å². The summed E-state index contributed by atoms with van der Waals surface area (Å²) in [5, 5.41) is 11.1. The summed E-state index contributed by atoms with van der Waals surface area (Å²) in [5.74, 6) is -2.53. The van der Waals surface area contributed by atoms with E-state index in [1.54, 1.807) is 30.5 Å². The largest absolute Gasteiger partial charge is 0.548 e. The Morgan fingerprint density at radius 3 is 2.67 bits per heavy atom. The van der Waals surface area contributed by atoms with Crippen molar-refractivity contribution in [3.05, 3.63) is 40.9 Å². The number of ether oxygens (including phenoxy) is 1. The second-order valence-electron chi connectivity index (χ2n) is 5.85. The smallest absolute Gasteiger partial charge is 0.328 e. The fraction of sp³-hybridized carbons (Fsp3) is 0.222. The molecule has 140 valence electrons. The first kappa shape index (κ1) is 18.7. The van der Waals surface area contributed by atoms with Gasteiger partial charge in [-0.15, -0.1) is 0 Å². The van der Waals surface area contributed by atoms with Crippen LogP contribution in [0, 0.1) is 0 Å². The number of hydrogen-bond donors (Lipinski definition) is 0. The van der Waals surface area contributed by atoms with Crippen molar-refractivity contribution >= 4 is 51.8 Å². The van der Waals surface area contributed by atoms with Gasteiger partial charge < -0.3 is 19.2 Å². The molecule has 0 unspecified atom stereocenters. The summed E-state index contributed by atoms with van der Waals surface area (Å²) < 4.78 is 6.09. The zero-order valence-electron chi connectivity index (χ0n) is 14.5. The van der Waals surface area contributed by atoms with E-state index >= 15 is 0 Å². The molecule has 27 heavy (non-hydrogen) atoms. The number of hydrogen-bond acceptors (Lipinski definition) is 7. The average molecular weight is 387 g/mol. The van der Waals surface area contributed by atoms with Gasteiger partial charge in [-0.3, -0.25) is 14.5 Å². The van der Waals surface area contributed by atoms with E-state index in [4.69, 9.17) is 0 Å². The SMILES string of the molecule is COC(=O)[C@H](C)N1C(=O)S/C(=C\c2cn(CC(=O)[O-])c3ccccc23)C1=O. The highest BCUT2D eigenvalue weighted by atomic mass is 32.2. The summed E-state index contributed by atoms with van der Waals surface area (Å²) in [6, 6.07) is 6.06. The van der Waals surface area contributed by atoms with Gasteiger partial charge in [-0.05, 0) is 30.8 Å². The molecule has 0 N–H and O–H groups in total. The molecule has 3 rings (SSSR count). The number of amides is 2. The van der Waals surface area contributed by atoms with Crippen LogP contribution in [0.25, 0.3) is 17.0 Å². The van der Waals surface area contributed by atoms with Gasteiger partial charge in [-0.1, -0.05) is 18.2 Å². The maximum absolute atomic E-state index is 12.6. The van der Waals surface area contributed by atoms with Crippen molar-refractivity contribution in [1.29, 1.82) is 0 Å². The normalized spacial score (nSPS) is 17.0. The van der Waals surface area contributed by atoms with Gasteiger partial charge >= 0.3 is 5.97 Å². The lowest BCUT2D eigenvalue weighted by Crippen LogP contribution is -2.42. The van der Waals surface area contributed by atoms with Gasteiger partial charge in [0.2, 0.25) is 0 Å². The minimum Gasteiger partial charge on any atom is -0.548 e. The third kappa shape index (κ3) is 3.45. The summed E-state index contributed by atoms with van der Waals surface area (Å²) in [7, 11) is 1.18. The number of aliphatic carboxylic acids is 1. The molecule has 1 aliphatic rings. The van der Waals surface area contributed by atoms with Crippen molar-refractivity contribution in [2.75, 3.05) is 7.11 Å². The van der Waals surface area contributed by atoms with Gasteiger partial charge in [0.25, 0.3) is 11.1 Å². The molecule has 2 aromatic rings. The first-order valence-electron chi connectivity index (χ1n) is 7.96. The Morgan fingerprint density at radius 2 is 2.00 bits per heavy atom. The van der Waals surface area contributed by atoms with Gasteiger partial charge in [0.1, 0.15) is 6.04 Å². The maximum atomic E-state index is 12.6. The van der Waals surface area contributed by atoms with Crippen LogP contribution in [0.3, 0.4) is 0 Å². The number of para-hydroxylation sites is 1. The van der Waals surface area contributed by atoms with E-state index in [1.807, 2.05) is 0 Å². The zero-order chi connectivity index (χ0) is 19.7. The van der Waals surface area contributed by atoms with E-state index in [-0.39, 0.29) is 11.4 Å². The number of methoxy groups -OCH3 is 1. The second kappa shape index (κ2) is 7.28. The van der Waals surface area contributed by atoms with Crippen molar-refractivity contribution in [3.63, 3.8) is 0 Å². The molecular formula is C18H15N2O6S-. The van der Waals surface area contributed by atoms with E-state index in [1.165, 1.54) is 24.7 Å². The Bertz CT molecular complexity index is 993. The molecule has 1 aromatic carbocycles. The number of carbonyl (C=O) groups excluding carboxylic acids is 4. The number of esters is 1. The highest BCUT2D eigenvalue weighted by Crippen LogP contribution is 2.35. The van der Waals surface area contributed by atoms with Gasteiger partial charge in [-0.2, -0.15) is 0 Å². The van der Waals surface area contributed by atoms with E-state index in [0.29, 0.717) is 11.1 Å². The summed E-state index contributed by atoms with van der Waals surface area (Å²) >= 11 is 0.717. The maximum Gasteiger partial charge on any atom is 0.328 e. The third-order valence-corrected chi connectivity index (χ3v) is 5.04. The minimum absolute atomic E-state index is 0.145. The average Bonchev–Trinajstić information content (AvgIpc) is 3.11. The molecule has 9 heteroatoms. The lowest BCUT2D eigenvalue weighted by atomic mass is 10.1. The first-order chi connectivity index (χ1) is 12.8. The van der Waals surface area contributed by atoms with Gasteiger partial charge in [0.15, 0.2) is 0 Å². The van der Waals surface area contributed by atoms with Gasteiger partial charge in [-0.25, -0.2) is 4.79 Å². The second-order valence-corrected chi connectivity index (χ2v) is 6.85. The quantitative estimate of drug-likeness (QED) is 0.556. The number of rotatable bonds is 5. The van der Waals surface area contributed by atoms with Crippen LogP contribution in [-0.2, 0) is 25.7 Å². The number of thioether (sulfide) groups is 1. The Hall–Kier alpha value is -3.07. The first-order valence-corrected chi connectivity index (χ1v) is 8.77. The summed E-state index contributed by atoms with van der Waals surface area (Å²) in [4.78, 5) is 48.4. The molecule has 0 saturated carbocycles. The number of carboxylic acid groups (broad SMARTS) is 1. The fourth-order valence-corrected chi connectivity index (χ4v) is 3.79. The molecule has 2 heterocycles. The number of carbonyl (C=O) groups is 4. The third-order valence-electron chi connectivity index (χ3n) is 4.16.